The second-order valence-electron chi connectivity index (χ2n) is 6.40. The Bertz CT molecular complexity index is 738. The summed E-state index contributed by atoms with van der Waals surface area (Å²) in [5, 5.41) is 0. The van der Waals surface area contributed by atoms with Crippen LogP contribution in [0.4, 0.5) is 0 Å². The van der Waals surface area contributed by atoms with Crippen molar-refractivity contribution in [1.29, 1.82) is 0 Å². The fraction of sp³-hybridized carbons (Fsp3) is 0.421. The molecule has 2 aliphatic heterocycles. The van der Waals surface area contributed by atoms with Crippen LogP contribution in [0.25, 0.3) is 0 Å². The number of carbonyl (C=O) groups excluding carboxylic acids is 1. The van der Waals surface area contributed by atoms with Gasteiger partial charge >= 0.3 is 6.01 Å². The number of amides is 1. The molecular formula is C19H21N3O3. The second-order valence-corrected chi connectivity index (χ2v) is 6.40. The van der Waals surface area contributed by atoms with Gasteiger partial charge in [0.2, 0.25) is 0 Å². The Labute approximate surface area is 146 Å². The Morgan fingerprint density at radius 2 is 2.04 bits per heavy atom. The number of aromatic nitrogens is 2. The lowest BCUT2D eigenvalue weighted by atomic mass is 9.96. The first-order chi connectivity index (χ1) is 12.3. The number of carbonyl (C=O) groups is 1. The first-order valence-electron chi connectivity index (χ1n) is 8.73. The molecule has 0 bridgehead atoms. The van der Waals surface area contributed by atoms with E-state index in [1.165, 1.54) is 5.56 Å². The molecule has 2 aromatic rings. The minimum Gasteiger partial charge on any atom is -0.458 e. The van der Waals surface area contributed by atoms with E-state index in [2.05, 4.69) is 16.0 Å². The number of likely N-dealkylation sites (tertiary alicyclic amines) is 1. The van der Waals surface area contributed by atoms with Gasteiger partial charge in [0.15, 0.2) is 6.10 Å². The summed E-state index contributed by atoms with van der Waals surface area (Å²) < 4.78 is 11.7. The lowest BCUT2D eigenvalue weighted by Crippen LogP contribution is -2.47. The lowest BCUT2D eigenvalue weighted by molar-refractivity contribution is -0.147. The van der Waals surface area contributed by atoms with Crippen LogP contribution in [0.3, 0.4) is 0 Å². The Balaban J connectivity index is 1.46. The molecule has 1 saturated heterocycles. The Kier molecular flexibility index (Phi) is 4.61. The third kappa shape index (κ3) is 3.49. The molecule has 0 N–H and O–H groups in total. The molecular weight excluding hydrogens is 318 g/mol. The molecule has 0 aliphatic carbocycles. The molecule has 1 amide bonds. The van der Waals surface area contributed by atoms with E-state index in [-0.39, 0.29) is 12.0 Å². The maximum absolute atomic E-state index is 13.0. The summed E-state index contributed by atoms with van der Waals surface area (Å²) >= 11 is 0. The van der Waals surface area contributed by atoms with E-state index >= 15 is 0 Å². The molecule has 2 aliphatic rings. The summed E-state index contributed by atoms with van der Waals surface area (Å²) in [7, 11) is 0. The van der Waals surface area contributed by atoms with E-state index in [9.17, 15) is 4.79 Å². The Morgan fingerprint density at radius 3 is 2.92 bits per heavy atom. The summed E-state index contributed by atoms with van der Waals surface area (Å²) in [6.45, 7) is 1.86. The van der Waals surface area contributed by atoms with Crippen molar-refractivity contribution in [1.82, 2.24) is 14.9 Å². The third-order valence-electron chi connectivity index (χ3n) is 4.72. The number of hydrogen-bond acceptors (Lipinski definition) is 5. The maximum atomic E-state index is 13.0. The van der Waals surface area contributed by atoms with Gasteiger partial charge < -0.3 is 14.4 Å². The standard InChI is InChI=1S/C19H21N3O3/c23-18(17-16-7-2-1-5-14(16)8-12-24-17)22-11-3-6-15(13-22)25-19-20-9-4-10-21-19/h1-2,4-5,7,9-10,15,17H,3,6,8,11-13H2. The van der Waals surface area contributed by atoms with E-state index in [0.717, 1.165) is 31.4 Å². The molecule has 1 aromatic carbocycles. The normalized spacial score (nSPS) is 23.0. The van der Waals surface area contributed by atoms with Crippen molar-refractivity contribution >= 4 is 5.91 Å². The molecule has 6 nitrogen and oxygen atoms in total. The maximum Gasteiger partial charge on any atom is 0.316 e. The van der Waals surface area contributed by atoms with Crippen LogP contribution in [0.5, 0.6) is 6.01 Å². The van der Waals surface area contributed by atoms with Gasteiger partial charge in [-0.05, 0) is 36.5 Å². The van der Waals surface area contributed by atoms with Gasteiger partial charge in [-0.2, -0.15) is 0 Å². The molecule has 1 fully saturated rings. The van der Waals surface area contributed by atoms with Gasteiger partial charge in [-0.15, -0.1) is 0 Å². The van der Waals surface area contributed by atoms with Crippen LogP contribution in [0.15, 0.2) is 42.7 Å². The predicted octanol–water partition coefficient (Wildman–Crippen LogP) is 2.16. The second kappa shape index (κ2) is 7.19. The molecule has 0 radical (unpaired) electrons. The van der Waals surface area contributed by atoms with Crippen molar-refractivity contribution in [2.75, 3.05) is 19.7 Å². The first kappa shape index (κ1) is 16.0. The highest BCUT2D eigenvalue weighted by molar-refractivity contribution is 5.83. The van der Waals surface area contributed by atoms with Gasteiger partial charge in [-0.3, -0.25) is 4.79 Å². The largest absolute Gasteiger partial charge is 0.458 e. The van der Waals surface area contributed by atoms with E-state index in [1.54, 1.807) is 18.5 Å². The zero-order chi connectivity index (χ0) is 17.1. The Hall–Kier alpha value is -2.47. The average Bonchev–Trinajstić information content (AvgIpc) is 2.68. The molecule has 0 saturated carbocycles. The van der Waals surface area contributed by atoms with Crippen molar-refractivity contribution in [3.8, 4) is 6.01 Å². The first-order valence-corrected chi connectivity index (χ1v) is 8.73. The van der Waals surface area contributed by atoms with Crippen molar-refractivity contribution < 1.29 is 14.3 Å². The fourth-order valence-corrected chi connectivity index (χ4v) is 3.49. The number of ether oxygens (including phenoxy) is 2. The summed E-state index contributed by atoms with van der Waals surface area (Å²) in [6.07, 6.45) is 5.37. The molecule has 25 heavy (non-hydrogen) atoms. The summed E-state index contributed by atoms with van der Waals surface area (Å²) in [4.78, 5) is 23.1. The number of hydrogen-bond donors (Lipinski definition) is 0. The number of rotatable bonds is 3. The van der Waals surface area contributed by atoms with E-state index < -0.39 is 6.10 Å². The zero-order valence-corrected chi connectivity index (χ0v) is 14.0. The summed E-state index contributed by atoms with van der Waals surface area (Å²) in [5.74, 6) is 0.0226. The fourth-order valence-electron chi connectivity index (χ4n) is 3.49. The van der Waals surface area contributed by atoms with Crippen LogP contribution < -0.4 is 4.74 Å². The number of fused-ring (bicyclic) bond motifs is 1. The molecule has 4 rings (SSSR count). The van der Waals surface area contributed by atoms with Gasteiger partial charge in [0.1, 0.15) is 6.10 Å². The predicted molar refractivity (Wildman–Crippen MR) is 91.1 cm³/mol. The monoisotopic (exact) mass is 339 g/mol. The van der Waals surface area contributed by atoms with E-state index in [0.29, 0.717) is 19.2 Å². The molecule has 2 unspecified atom stereocenters. The number of benzene rings is 1. The van der Waals surface area contributed by atoms with Crippen molar-refractivity contribution in [3.05, 3.63) is 53.9 Å². The van der Waals surface area contributed by atoms with Crippen molar-refractivity contribution in [2.24, 2.45) is 0 Å². The smallest absolute Gasteiger partial charge is 0.316 e. The molecule has 6 heteroatoms. The highest BCUT2D eigenvalue weighted by Gasteiger charge is 2.34. The van der Waals surface area contributed by atoms with E-state index in [1.807, 2.05) is 23.1 Å². The third-order valence-corrected chi connectivity index (χ3v) is 4.72. The minimum atomic E-state index is -0.503. The molecule has 130 valence electrons. The summed E-state index contributed by atoms with van der Waals surface area (Å²) in [5.41, 5.74) is 2.20. The summed E-state index contributed by atoms with van der Waals surface area (Å²) in [6, 6.07) is 10.2. The van der Waals surface area contributed by atoms with Crippen LogP contribution in [0.1, 0.15) is 30.1 Å². The van der Waals surface area contributed by atoms with Gasteiger partial charge in [-0.25, -0.2) is 9.97 Å². The number of nitrogens with zero attached hydrogens (tertiary/aromatic N) is 3. The lowest BCUT2D eigenvalue weighted by Gasteiger charge is -2.36. The highest BCUT2D eigenvalue weighted by atomic mass is 16.5. The quantitative estimate of drug-likeness (QED) is 0.857. The van der Waals surface area contributed by atoms with Gasteiger partial charge in [0.25, 0.3) is 5.91 Å². The van der Waals surface area contributed by atoms with Gasteiger partial charge in [0, 0.05) is 18.9 Å². The van der Waals surface area contributed by atoms with Crippen LogP contribution in [-0.2, 0) is 16.0 Å². The molecule has 2 atom stereocenters. The Morgan fingerprint density at radius 1 is 1.20 bits per heavy atom. The molecule has 0 spiro atoms. The van der Waals surface area contributed by atoms with Crippen LogP contribution in [-0.4, -0.2) is 46.6 Å². The number of piperidine rings is 1. The van der Waals surface area contributed by atoms with Crippen LogP contribution in [0, 0.1) is 0 Å². The SMILES string of the molecule is O=C(C1OCCc2ccccc21)N1CCCC(Oc2ncccn2)C1. The van der Waals surface area contributed by atoms with Crippen molar-refractivity contribution in [3.63, 3.8) is 0 Å². The van der Waals surface area contributed by atoms with Crippen LogP contribution >= 0.6 is 0 Å². The zero-order valence-electron chi connectivity index (χ0n) is 14.0. The molecule has 1 aromatic heterocycles. The average molecular weight is 339 g/mol. The van der Waals surface area contributed by atoms with Crippen molar-refractivity contribution in [2.45, 2.75) is 31.5 Å². The van der Waals surface area contributed by atoms with Gasteiger partial charge in [-0.1, -0.05) is 24.3 Å². The highest BCUT2D eigenvalue weighted by Crippen LogP contribution is 2.29. The molecule has 3 heterocycles. The topological polar surface area (TPSA) is 64.5 Å². The minimum absolute atomic E-state index is 0.0226. The van der Waals surface area contributed by atoms with Crippen LogP contribution in [0.2, 0.25) is 0 Å². The van der Waals surface area contributed by atoms with E-state index in [4.69, 9.17) is 9.47 Å². The van der Waals surface area contributed by atoms with Gasteiger partial charge in [0.05, 0.1) is 13.2 Å².